The lowest BCUT2D eigenvalue weighted by atomic mass is 10.1. The molecule has 0 aliphatic carbocycles. The summed E-state index contributed by atoms with van der Waals surface area (Å²) in [5.74, 6) is 0.260. The van der Waals surface area contributed by atoms with Crippen molar-refractivity contribution < 1.29 is 9.90 Å². The van der Waals surface area contributed by atoms with Gasteiger partial charge in [0.25, 0.3) is 0 Å². The highest BCUT2D eigenvalue weighted by atomic mass is 16.3. The molecule has 0 spiro atoms. The third kappa shape index (κ3) is 2.33. The Kier molecular flexibility index (Phi) is 3.56. The van der Waals surface area contributed by atoms with E-state index in [-0.39, 0.29) is 25.0 Å². The van der Waals surface area contributed by atoms with E-state index in [1.54, 1.807) is 9.58 Å². The molecule has 1 aliphatic rings. The summed E-state index contributed by atoms with van der Waals surface area (Å²) in [4.78, 5) is 13.9. The molecule has 0 aromatic carbocycles. The van der Waals surface area contributed by atoms with Crippen LogP contribution in [0.5, 0.6) is 0 Å². The van der Waals surface area contributed by atoms with Gasteiger partial charge in [0.1, 0.15) is 6.54 Å². The van der Waals surface area contributed by atoms with E-state index < -0.39 is 0 Å². The van der Waals surface area contributed by atoms with Crippen molar-refractivity contribution in [3.05, 3.63) is 11.4 Å². The molecule has 6 heteroatoms. The summed E-state index contributed by atoms with van der Waals surface area (Å²) in [5.41, 5.74) is 8.08. The number of amides is 1. The van der Waals surface area contributed by atoms with Crippen LogP contribution in [0.3, 0.4) is 0 Å². The number of aliphatic hydroxyl groups excluding tert-OH is 1. The molecule has 2 rings (SSSR count). The zero-order valence-corrected chi connectivity index (χ0v) is 10.9. The van der Waals surface area contributed by atoms with Crippen molar-refractivity contribution >= 4 is 11.6 Å². The third-order valence-corrected chi connectivity index (χ3v) is 3.62. The van der Waals surface area contributed by atoms with Crippen molar-refractivity contribution in [2.75, 3.05) is 25.4 Å². The number of carbonyl (C=O) groups excluding carboxylic acids is 1. The van der Waals surface area contributed by atoms with Crippen LogP contribution in [0.4, 0.5) is 5.69 Å². The number of anilines is 1. The summed E-state index contributed by atoms with van der Waals surface area (Å²) < 4.78 is 1.65. The number of likely N-dealkylation sites (tertiary alicyclic amines) is 1. The number of nitrogen functional groups attached to an aromatic ring is 1. The number of aliphatic hydroxyl groups is 1. The number of nitrogens with two attached hydrogens (primary N) is 1. The van der Waals surface area contributed by atoms with E-state index in [2.05, 4.69) is 5.10 Å². The average molecular weight is 252 g/mol. The van der Waals surface area contributed by atoms with Crippen molar-refractivity contribution in [3.63, 3.8) is 0 Å². The molecule has 0 radical (unpaired) electrons. The topological polar surface area (TPSA) is 84.4 Å². The molecule has 2 heterocycles. The van der Waals surface area contributed by atoms with Gasteiger partial charge in [0, 0.05) is 25.6 Å². The molecule has 1 saturated heterocycles. The molecular weight excluding hydrogens is 232 g/mol. The molecular formula is C12H20N4O2. The molecule has 1 fully saturated rings. The standard InChI is InChI=1S/C12H20N4O2/c1-8-12(13)9(2)16(14-8)6-11(18)15-4-3-10(5-15)7-17/h10,17H,3-7,13H2,1-2H3. The maximum Gasteiger partial charge on any atom is 0.244 e. The van der Waals surface area contributed by atoms with Gasteiger partial charge in [-0.1, -0.05) is 0 Å². The van der Waals surface area contributed by atoms with Crippen LogP contribution in [0.25, 0.3) is 0 Å². The second-order valence-electron chi connectivity index (χ2n) is 4.92. The second kappa shape index (κ2) is 4.97. The highest BCUT2D eigenvalue weighted by Crippen LogP contribution is 2.18. The molecule has 6 nitrogen and oxygen atoms in total. The number of aryl methyl sites for hydroxylation is 1. The van der Waals surface area contributed by atoms with E-state index in [0.717, 1.165) is 24.4 Å². The van der Waals surface area contributed by atoms with Crippen molar-refractivity contribution in [2.24, 2.45) is 5.92 Å². The second-order valence-corrected chi connectivity index (χ2v) is 4.92. The summed E-state index contributed by atoms with van der Waals surface area (Å²) in [5, 5.41) is 13.3. The lowest BCUT2D eigenvalue weighted by Crippen LogP contribution is -2.32. The van der Waals surface area contributed by atoms with Gasteiger partial charge in [0.15, 0.2) is 0 Å². The summed E-state index contributed by atoms with van der Waals surface area (Å²) in [7, 11) is 0. The SMILES string of the molecule is Cc1nn(CC(=O)N2CCC(CO)C2)c(C)c1N. The van der Waals surface area contributed by atoms with E-state index >= 15 is 0 Å². The Morgan fingerprint density at radius 1 is 1.56 bits per heavy atom. The molecule has 1 atom stereocenters. The van der Waals surface area contributed by atoms with E-state index in [0.29, 0.717) is 12.2 Å². The summed E-state index contributed by atoms with van der Waals surface area (Å²) >= 11 is 0. The molecule has 1 aliphatic heterocycles. The van der Waals surface area contributed by atoms with Crippen molar-refractivity contribution in [3.8, 4) is 0 Å². The van der Waals surface area contributed by atoms with Crippen LogP contribution in [0.1, 0.15) is 17.8 Å². The number of hydrogen-bond donors (Lipinski definition) is 2. The fraction of sp³-hybridized carbons (Fsp3) is 0.667. The Morgan fingerprint density at radius 3 is 2.78 bits per heavy atom. The minimum Gasteiger partial charge on any atom is -0.396 e. The number of rotatable bonds is 3. The maximum absolute atomic E-state index is 12.1. The Labute approximate surface area is 106 Å². The Morgan fingerprint density at radius 2 is 2.28 bits per heavy atom. The average Bonchev–Trinajstić information content (AvgIpc) is 2.92. The fourth-order valence-electron chi connectivity index (χ4n) is 2.30. The number of nitrogens with zero attached hydrogens (tertiary/aromatic N) is 3. The minimum absolute atomic E-state index is 0.0385. The highest BCUT2D eigenvalue weighted by Gasteiger charge is 2.26. The number of aromatic nitrogens is 2. The van der Waals surface area contributed by atoms with Gasteiger partial charge in [-0.3, -0.25) is 9.48 Å². The number of hydrogen-bond acceptors (Lipinski definition) is 4. The summed E-state index contributed by atoms with van der Waals surface area (Å²) in [6.45, 7) is 5.44. The molecule has 1 unspecified atom stereocenters. The first kappa shape index (κ1) is 12.9. The molecule has 0 bridgehead atoms. The quantitative estimate of drug-likeness (QED) is 0.788. The van der Waals surface area contributed by atoms with Gasteiger partial charge in [-0.25, -0.2) is 0 Å². The van der Waals surface area contributed by atoms with Gasteiger partial charge in [-0.15, -0.1) is 0 Å². The first-order valence-corrected chi connectivity index (χ1v) is 6.21. The summed E-state index contributed by atoms with van der Waals surface area (Å²) in [6, 6.07) is 0. The Bertz CT molecular complexity index is 455. The monoisotopic (exact) mass is 252 g/mol. The van der Waals surface area contributed by atoms with E-state index in [9.17, 15) is 4.79 Å². The molecule has 18 heavy (non-hydrogen) atoms. The van der Waals surface area contributed by atoms with Crippen LogP contribution < -0.4 is 5.73 Å². The predicted molar refractivity (Wildman–Crippen MR) is 67.9 cm³/mol. The van der Waals surface area contributed by atoms with Crippen LogP contribution in [0.2, 0.25) is 0 Å². The smallest absolute Gasteiger partial charge is 0.244 e. The summed E-state index contributed by atoms with van der Waals surface area (Å²) in [6.07, 6.45) is 0.876. The van der Waals surface area contributed by atoms with Crippen LogP contribution in [0, 0.1) is 19.8 Å². The van der Waals surface area contributed by atoms with Crippen LogP contribution in [-0.4, -0.2) is 45.4 Å². The van der Waals surface area contributed by atoms with Gasteiger partial charge < -0.3 is 15.7 Å². The molecule has 100 valence electrons. The van der Waals surface area contributed by atoms with Gasteiger partial charge in [-0.2, -0.15) is 5.10 Å². The predicted octanol–water partition coefficient (Wildman–Crippen LogP) is -0.0771. The maximum atomic E-state index is 12.1. The van der Waals surface area contributed by atoms with Gasteiger partial charge in [-0.05, 0) is 20.3 Å². The zero-order chi connectivity index (χ0) is 13.3. The van der Waals surface area contributed by atoms with E-state index in [1.165, 1.54) is 0 Å². The Hall–Kier alpha value is -1.56. The largest absolute Gasteiger partial charge is 0.396 e. The van der Waals surface area contributed by atoms with Crippen LogP contribution in [-0.2, 0) is 11.3 Å². The molecule has 1 aromatic heterocycles. The van der Waals surface area contributed by atoms with Crippen LogP contribution >= 0.6 is 0 Å². The van der Waals surface area contributed by atoms with Gasteiger partial charge in [0.2, 0.25) is 5.91 Å². The van der Waals surface area contributed by atoms with Gasteiger partial charge in [0.05, 0.1) is 17.1 Å². The van der Waals surface area contributed by atoms with E-state index in [1.807, 2.05) is 13.8 Å². The van der Waals surface area contributed by atoms with Crippen molar-refractivity contribution in [1.82, 2.24) is 14.7 Å². The molecule has 3 N–H and O–H groups in total. The number of carbonyl (C=O) groups is 1. The lowest BCUT2D eigenvalue weighted by Gasteiger charge is -2.16. The third-order valence-electron chi connectivity index (χ3n) is 3.62. The van der Waals surface area contributed by atoms with Crippen molar-refractivity contribution in [2.45, 2.75) is 26.8 Å². The fourth-order valence-corrected chi connectivity index (χ4v) is 2.30. The minimum atomic E-state index is 0.0385. The molecule has 1 amide bonds. The van der Waals surface area contributed by atoms with E-state index in [4.69, 9.17) is 10.8 Å². The first-order chi connectivity index (χ1) is 8.52. The first-order valence-electron chi connectivity index (χ1n) is 6.21. The van der Waals surface area contributed by atoms with Gasteiger partial charge >= 0.3 is 0 Å². The highest BCUT2D eigenvalue weighted by molar-refractivity contribution is 5.76. The van der Waals surface area contributed by atoms with Crippen molar-refractivity contribution in [1.29, 1.82) is 0 Å². The normalized spacial score (nSPS) is 19.5. The Balaban J connectivity index is 2.01. The van der Waals surface area contributed by atoms with Crippen LogP contribution in [0.15, 0.2) is 0 Å². The molecule has 1 aromatic rings. The molecule has 0 saturated carbocycles. The zero-order valence-electron chi connectivity index (χ0n) is 10.9. The lowest BCUT2D eigenvalue weighted by molar-refractivity contribution is -0.131.